The lowest BCUT2D eigenvalue weighted by atomic mass is 9.84. The molecule has 0 radical (unpaired) electrons. The van der Waals surface area contributed by atoms with Gasteiger partial charge in [-0.25, -0.2) is 0 Å². The van der Waals surface area contributed by atoms with Crippen molar-refractivity contribution in [1.29, 1.82) is 0 Å². The Kier molecular flexibility index (Phi) is 11.8. The molecule has 0 saturated heterocycles. The lowest BCUT2D eigenvalue weighted by molar-refractivity contribution is -0.376. The Morgan fingerprint density at radius 2 is 1.16 bits per heavy atom. The van der Waals surface area contributed by atoms with Gasteiger partial charge in [0.05, 0.1) is 11.2 Å². The molecular formula is C37H50F6O4Si2. The van der Waals surface area contributed by atoms with Gasteiger partial charge in [0.2, 0.25) is 0 Å². The van der Waals surface area contributed by atoms with Crippen LogP contribution < -0.4 is 4.74 Å². The van der Waals surface area contributed by atoms with Gasteiger partial charge < -0.3 is 18.7 Å². The standard InChI is InChI=1S/C37H50F6O4Si2/c1-23-19-26(35(44,36(38,39)40)37(41,42)43)16-17-28(23)25-13-12-14-27(21-25)45-22-24-15-18-29(33(8,9)46-48-31(2,3)4)30(20-24)34(10,11)47-49-32(5,6)7/h12-21,44H,22,48-49H2,1-11H3. The third-order valence-electron chi connectivity index (χ3n) is 8.13. The average molecular weight is 729 g/mol. The van der Waals surface area contributed by atoms with E-state index in [9.17, 15) is 31.4 Å². The number of rotatable bonds is 11. The highest BCUT2D eigenvalue weighted by molar-refractivity contribution is 6.32. The molecule has 3 aromatic rings. The van der Waals surface area contributed by atoms with Crippen LogP contribution in [-0.4, -0.2) is 37.0 Å². The first kappa shape index (κ1) is 40.8. The second-order valence-corrected chi connectivity index (χ2v) is 21.5. The summed E-state index contributed by atoms with van der Waals surface area (Å²) in [7, 11) is -1.77. The largest absolute Gasteiger partial charge is 0.489 e. The second-order valence-electron chi connectivity index (χ2n) is 16.2. The van der Waals surface area contributed by atoms with Crippen molar-refractivity contribution in [3.8, 4) is 16.9 Å². The van der Waals surface area contributed by atoms with E-state index < -0.39 is 54.2 Å². The summed E-state index contributed by atoms with van der Waals surface area (Å²) in [5, 5.41) is 10.0. The lowest BCUT2D eigenvalue weighted by Gasteiger charge is -2.38. The first-order valence-electron chi connectivity index (χ1n) is 16.2. The van der Waals surface area contributed by atoms with Crippen LogP contribution in [0.5, 0.6) is 5.75 Å². The van der Waals surface area contributed by atoms with Crippen molar-refractivity contribution >= 4 is 19.5 Å². The highest BCUT2D eigenvalue weighted by Gasteiger charge is 2.71. The monoisotopic (exact) mass is 728 g/mol. The molecule has 0 aliphatic rings. The lowest BCUT2D eigenvalue weighted by Crippen LogP contribution is -2.53. The summed E-state index contributed by atoms with van der Waals surface area (Å²) in [4.78, 5) is 0. The van der Waals surface area contributed by atoms with Gasteiger partial charge in [0.25, 0.3) is 5.60 Å². The fourth-order valence-electron chi connectivity index (χ4n) is 5.27. The Balaban J connectivity index is 1.94. The molecule has 0 aliphatic carbocycles. The molecular weight excluding hydrogens is 679 g/mol. The van der Waals surface area contributed by atoms with E-state index in [-0.39, 0.29) is 22.2 Å². The van der Waals surface area contributed by atoms with Crippen LogP contribution in [-0.2, 0) is 32.3 Å². The molecule has 0 aliphatic heterocycles. The fraction of sp³-hybridized carbons (Fsp3) is 0.514. The van der Waals surface area contributed by atoms with Crippen molar-refractivity contribution < 1.29 is 45.0 Å². The van der Waals surface area contributed by atoms with Gasteiger partial charge in [0, 0.05) is 5.56 Å². The second kappa shape index (κ2) is 14.2. The van der Waals surface area contributed by atoms with E-state index in [4.69, 9.17) is 13.6 Å². The van der Waals surface area contributed by atoms with Gasteiger partial charge in [-0.2, -0.15) is 26.3 Å². The van der Waals surface area contributed by atoms with Crippen LogP contribution in [0, 0.1) is 6.92 Å². The molecule has 0 saturated carbocycles. The van der Waals surface area contributed by atoms with Gasteiger partial charge in [-0.15, -0.1) is 0 Å². The van der Waals surface area contributed by atoms with E-state index in [1.807, 2.05) is 6.07 Å². The van der Waals surface area contributed by atoms with Crippen molar-refractivity contribution in [3.05, 3.63) is 88.5 Å². The highest BCUT2D eigenvalue weighted by Crippen LogP contribution is 2.50. The molecule has 12 heteroatoms. The van der Waals surface area contributed by atoms with Gasteiger partial charge in [-0.1, -0.05) is 84.0 Å². The molecule has 0 atom stereocenters. The Bertz CT molecular complexity index is 1590. The van der Waals surface area contributed by atoms with E-state index in [1.54, 1.807) is 24.3 Å². The predicted octanol–water partition coefficient (Wildman–Crippen LogP) is 9.66. The molecule has 3 rings (SSSR count). The van der Waals surface area contributed by atoms with E-state index in [0.29, 0.717) is 29.0 Å². The minimum Gasteiger partial charge on any atom is -0.489 e. The molecule has 0 amide bonds. The zero-order chi connectivity index (χ0) is 37.4. The molecule has 0 fully saturated rings. The van der Waals surface area contributed by atoms with Crippen molar-refractivity contribution in [2.75, 3.05) is 0 Å². The zero-order valence-corrected chi connectivity index (χ0v) is 33.2. The van der Waals surface area contributed by atoms with Gasteiger partial charge >= 0.3 is 12.4 Å². The summed E-state index contributed by atoms with van der Waals surface area (Å²) in [6.45, 7) is 23.0. The first-order valence-corrected chi connectivity index (χ1v) is 18.8. The quantitative estimate of drug-likeness (QED) is 0.158. The SMILES string of the molecule is Cc1cc(C(O)(C(F)(F)F)C(F)(F)F)ccc1-c1cccc(OCc2ccc(C(C)(C)O[SiH2]C(C)(C)C)c(C(C)(C)O[SiH2]C(C)(C)C)c2)c1. The predicted molar refractivity (Wildman–Crippen MR) is 188 cm³/mol. The summed E-state index contributed by atoms with van der Waals surface area (Å²) in [5.41, 5.74) is -3.43. The maximum absolute atomic E-state index is 13.5. The van der Waals surface area contributed by atoms with E-state index in [0.717, 1.165) is 22.8 Å². The molecule has 49 heavy (non-hydrogen) atoms. The van der Waals surface area contributed by atoms with Crippen LogP contribution in [0.15, 0.2) is 60.7 Å². The van der Waals surface area contributed by atoms with Crippen LogP contribution in [0.1, 0.15) is 97.1 Å². The molecule has 0 aromatic heterocycles. The van der Waals surface area contributed by atoms with Gasteiger partial charge in [-0.05, 0) is 96.3 Å². The molecule has 4 nitrogen and oxygen atoms in total. The number of benzene rings is 3. The minimum absolute atomic E-state index is 0.0882. The van der Waals surface area contributed by atoms with Crippen LogP contribution in [0.25, 0.3) is 11.1 Å². The van der Waals surface area contributed by atoms with E-state index >= 15 is 0 Å². The summed E-state index contributed by atoms with van der Waals surface area (Å²) in [6.07, 6.45) is -11.9. The zero-order valence-electron chi connectivity index (χ0n) is 30.3. The van der Waals surface area contributed by atoms with E-state index in [1.165, 1.54) is 6.92 Å². The number of ether oxygens (including phenoxy) is 1. The molecule has 0 heterocycles. The van der Waals surface area contributed by atoms with Crippen LogP contribution in [0.3, 0.4) is 0 Å². The molecule has 0 spiro atoms. The number of hydrogen-bond acceptors (Lipinski definition) is 4. The normalized spacial score (nSPS) is 14.4. The maximum atomic E-state index is 13.5. The maximum Gasteiger partial charge on any atom is 0.430 e. The fourth-order valence-corrected chi connectivity index (χ4v) is 7.17. The Morgan fingerprint density at radius 1 is 0.633 bits per heavy atom. The third-order valence-corrected chi connectivity index (χ3v) is 11.6. The average Bonchev–Trinajstić information content (AvgIpc) is 2.96. The summed E-state index contributed by atoms with van der Waals surface area (Å²) in [6, 6.07) is 15.4. The molecule has 1 N–H and O–H groups in total. The van der Waals surface area contributed by atoms with E-state index in [2.05, 4.69) is 81.4 Å². The highest BCUT2D eigenvalue weighted by atomic mass is 28.2. The van der Waals surface area contributed by atoms with Crippen molar-refractivity contribution in [2.24, 2.45) is 0 Å². The summed E-state index contributed by atoms with van der Waals surface area (Å²) >= 11 is 0. The van der Waals surface area contributed by atoms with Crippen LogP contribution in [0.4, 0.5) is 26.3 Å². The Hall–Kier alpha value is -2.65. The third kappa shape index (κ3) is 9.99. The Labute approximate surface area is 291 Å². The Morgan fingerprint density at radius 3 is 1.65 bits per heavy atom. The van der Waals surface area contributed by atoms with Gasteiger partial charge in [0.15, 0.2) is 19.5 Å². The number of aliphatic hydroxyl groups is 1. The summed E-state index contributed by atoms with van der Waals surface area (Å²) < 4.78 is 100. The van der Waals surface area contributed by atoms with Crippen molar-refractivity contribution in [3.63, 3.8) is 0 Å². The first-order chi connectivity index (χ1) is 22.1. The summed E-state index contributed by atoms with van der Waals surface area (Å²) in [5.74, 6) is 0.462. The topological polar surface area (TPSA) is 47.9 Å². The molecule has 3 aromatic carbocycles. The molecule has 272 valence electrons. The van der Waals surface area contributed by atoms with Crippen molar-refractivity contribution in [1.82, 2.24) is 0 Å². The number of halogens is 6. The van der Waals surface area contributed by atoms with Crippen LogP contribution in [0.2, 0.25) is 10.1 Å². The van der Waals surface area contributed by atoms with Gasteiger partial charge in [-0.3, -0.25) is 0 Å². The minimum atomic E-state index is -5.96. The molecule has 0 unspecified atom stereocenters. The van der Waals surface area contributed by atoms with Gasteiger partial charge in [0.1, 0.15) is 12.4 Å². The number of alkyl halides is 6. The smallest absolute Gasteiger partial charge is 0.430 e. The number of aryl methyl sites for hydroxylation is 1. The van der Waals surface area contributed by atoms with Crippen LogP contribution >= 0.6 is 0 Å². The van der Waals surface area contributed by atoms with Crippen molar-refractivity contribution in [2.45, 2.75) is 122 Å². The molecule has 0 bridgehead atoms. The number of hydrogen-bond donors (Lipinski definition) is 1.